The number of aliphatic hydroxyl groups excluding tert-OH is 1. The number of nitrogens with zero attached hydrogens (tertiary/aromatic N) is 1. The highest BCUT2D eigenvalue weighted by Crippen LogP contribution is 2.17. The van der Waals surface area contributed by atoms with E-state index in [4.69, 9.17) is 5.11 Å². The van der Waals surface area contributed by atoms with Crippen LogP contribution in [-0.4, -0.2) is 17.3 Å². The number of nitroso groups, excluding NO2 is 1. The molecule has 1 aromatic heterocycles. The molecule has 68 valence electrons. The van der Waals surface area contributed by atoms with E-state index in [2.05, 4.69) is 15.4 Å². The lowest BCUT2D eigenvalue weighted by atomic mass is 10.2. The molecule has 0 unspecified atom stereocenters. The average Bonchev–Trinajstić information content (AvgIpc) is 2.49. The molecule has 0 radical (unpaired) electrons. The molecule has 0 bridgehead atoms. The van der Waals surface area contributed by atoms with Crippen LogP contribution in [0, 0.1) is 11.8 Å². The van der Waals surface area contributed by atoms with Gasteiger partial charge in [0.25, 0.3) is 0 Å². The Morgan fingerprint density at radius 1 is 1.58 bits per heavy atom. The molecule has 1 aromatic rings. The van der Waals surface area contributed by atoms with Crippen LogP contribution in [0.3, 0.4) is 0 Å². The number of hydrogen-bond donors (Lipinski definition) is 2. The fourth-order valence-electron chi connectivity index (χ4n) is 0.893. The van der Waals surface area contributed by atoms with Gasteiger partial charge < -0.3 is 5.11 Å². The number of nitrogens with one attached hydrogen (secondary N) is 2. The number of aromatic amines is 2. The average molecular weight is 172 g/mol. The first-order chi connectivity index (χ1) is 5.79. The highest BCUT2D eigenvalue weighted by molar-refractivity contribution is 5.42. The number of hydrogen-bond acceptors (Lipinski definition) is 3. The summed E-state index contributed by atoms with van der Waals surface area (Å²) in [7, 11) is 1.00. The topological polar surface area (TPSA) is 79.6 Å². The minimum absolute atomic E-state index is 0.516. The number of aromatic nitrogens is 2. The summed E-state index contributed by atoms with van der Waals surface area (Å²) >= 11 is 0. The molecule has 0 aliphatic carbocycles. The molecule has 0 aliphatic heterocycles. The summed E-state index contributed by atoms with van der Waals surface area (Å²) in [5.41, 5.74) is 2.18. The predicted octanol–water partition coefficient (Wildman–Crippen LogP) is 0.706. The van der Waals surface area contributed by atoms with Crippen molar-refractivity contribution in [3.8, 4) is 0 Å². The summed E-state index contributed by atoms with van der Waals surface area (Å²) in [6.45, 7) is 3.78. The van der Waals surface area contributed by atoms with E-state index in [1.54, 1.807) is 0 Å². The minimum atomic E-state index is 0.516. The molecule has 5 heteroatoms. The zero-order valence-electron chi connectivity index (χ0n) is 7.51. The maximum atomic E-state index is 10.2. The maximum absolute atomic E-state index is 10.2. The van der Waals surface area contributed by atoms with Crippen LogP contribution in [0.1, 0.15) is 18.3 Å². The molecule has 0 saturated carbocycles. The van der Waals surface area contributed by atoms with Crippen molar-refractivity contribution in [2.45, 2.75) is 20.3 Å². The second-order valence-corrected chi connectivity index (χ2v) is 2.15. The number of aryl methyl sites for hydroxylation is 2. The zero-order valence-corrected chi connectivity index (χ0v) is 7.51. The Kier molecular flexibility index (Phi) is 4.87. The van der Waals surface area contributed by atoms with Crippen LogP contribution >= 0.6 is 0 Å². The summed E-state index contributed by atoms with van der Waals surface area (Å²) in [6.07, 6.45) is 0.797. The van der Waals surface area contributed by atoms with Gasteiger partial charge in [-0.05, 0) is 12.1 Å². The lowest BCUT2D eigenvalue weighted by Gasteiger charge is -1.80. The molecule has 0 saturated heterocycles. The lowest BCUT2D eigenvalue weighted by molar-refractivity contribution is -0.459. The second kappa shape index (κ2) is 5.42. The van der Waals surface area contributed by atoms with Gasteiger partial charge in [0.1, 0.15) is 5.69 Å². The molecule has 5 nitrogen and oxygen atoms in total. The Hall–Kier alpha value is -1.23. The normalized spacial score (nSPS) is 8.67. The van der Waals surface area contributed by atoms with E-state index < -0.39 is 0 Å². The maximum Gasteiger partial charge on any atom is 0.234 e. The molecule has 0 atom stereocenters. The highest BCUT2D eigenvalue weighted by Gasteiger charge is 2.13. The molecule has 0 amide bonds. The lowest BCUT2D eigenvalue weighted by Crippen LogP contribution is -2.07. The number of aliphatic hydroxyl groups is 1. The molecular weight excluding hydrogens is 158 g/mol. The molecule has 1 rings (SSSR count). The van der Waals surface area contributed by atoms with Crippen molar-refractivity contribution in [3.63, 3.8) is 0 Å². The van der Waals surface area contributed by atoms with E-state index in [1.165, 1.54) is 0 Å². The van der Waals surface area contributed by atoms with E-state index in [9.17, 15) is 4.91 Å². The first kappa shape index (κ1) is 10.8. The molecule has 1 heterocycles. The van der Waals surface area contributed by atoms with Crippen molar-refractivity contribution in [1.82, 2.24) is 5.10 Å². The number of H-pyrrole nitrogens is 2. The summed E-state index contributed by atoms with van der Waals surface area (Å²) in [4.78, 5) is 10.2. The smallest absolute Gasteiger partial charge is 0.234 e. The Balaban J connectivity index is 0.000000561. The van der Waals surface area contributed by atoms with Crippen molar-refractivity contribution in [2.75, 3.05) is 7.11 Å². The first-order valence-corrected chi connectivity index (χ1v) is 3.66. The first-order valence-electron chi connectivity index (χ1n) is 3.66. The SMILES string of the molecule is CCc1[nH+][nH]c(C)c1N=O.CO. The Labute approximate surface area is 70.8 Å². The third-order valence-electron chi connectivity index (χ3n) is 1.49. The van der Waals surface area contributed by atoms with Gasteiger partial charge in [0.05, 0.1) is 0 Å². The monoisotopic (exact) mass is 172 g/mol. The van der Waals surface area contributed by atoms with E-state index in [-0.39, 0.29) is 0 Å². The van der Waals surface area contributed by atoms with Crippen LogP contribution < -0.4 is 5.10 Å². The van der Waals surface area contributed by atoms with Crippen LogP contribution in [0.25, 0.3) is 0 Å². The van der Waals surface area contributed by atoms with Crippen molar-refractivity contribution < 1.29 is 10.2 Å². The van der Waals surface area contributed by atoms with Gasteiger partial charge in [0.15, 0.2) is 0 Å². The van der Waals surface area contributed by atoms with Crippen molar-refractivity contribution in [3.05, 3.63) is 16.3 Å². The molecule has 3 N–H and O–H groups in total. The zero-order chi connectivity index (χ0) is 9.56. The van der Waals surface area contributed by atoms with Gasteiger partial charge in [0, 0.05) is 13.5 Å². The summed E-state index contributed by atoms with van der Waals surface area (Å²) in [5.74, 6) is 0. The predicted molar refractivity (Wildman–Crippen MR) is 45.1 cm³/mol. The van der Waals surface area contributed by atoms with E-state index >= 15 is 0 Å². The van der Waals surface area contributed by atoms with Crippen LogP contribution in [0.4, 0.5) is 5.69 Å². The quantitative estimate of drug-likeness (QED) is 0.644. The van der Waals surface area contributed by atoms with Crippen LogP contribution in [0.5, 0.6) is 0 Å². The van der Waals surface area contributed by atoms with Gasteiger partial charge in [-0.1, -0.05) is 6.92 Å². The fraction of sp³-hybridized carbons (Fsp3) is 0.571. The Morgan fingerprint density at radius 2 is 2.17 bits per heavy atom. The molecule has 12 heavy (non-hydrogen) atoms. The minimum Gasteiger partial charge on any atom is -0.400 e. The molecule has 0 fully saturated rings. The molecular formula is C7H14N3O2+. The third-order valence-corrected chi connectivity index (χ3v) is 1.49. The third kappa shape index (κ3) is 2.13. The fourth-order valence-corrected chi connectivity index (χ4v) is 0.893. The molecule has 0 aromatic carbocycles. The molecule has 0 spiro atoms. The van der Waals surface area contributed by atoms with Crippen LogP contribution in [0.2, 0.25) is 0 Å². The van der Waals surface area contributed by atoms with Gasteiger partial charge in [-0.15, -0.1) is 10.0 Å². The van der Waals surface area contributed by atoms with Crippen LogP contribution in [0.15, 0.2) is 5.18 Å². The Bertz CT molecular complexity index is 245. The summed E-state index contributed by atoms with van der Waals surface area (Å²) in [6, 6.07) is 0. The van der Waals surface area contributed by atoms with Gasteiger partial charge >= 0.3 is 0 Å². The highest BCUT2D eigenvalue weighted by atomic mass is 16.3. The van der Waals surface area contributed by atoms with Crippen molar-refractivity contribution >= 4 is 5.69 Å². The van der Waals surface area contributed by atoms with Crippen LogP contribution in [-0.2, 0) is 6.42 Å². The van der Waals surface area contributed by atoms with Crippen molar-refractivity contribution in [1.29, 1.82) is 0 Å². The van der Waals surface area contributed by atoms with Gasteiger partial charge in [-0.2, -0.15) is 5.10 Å². The van der Waals surface area contributed by atoms with Gasteiger partial charge in [-0.3, -0.25) is 0 Å². The molecule has 0 aliphatic rings. The Morgan fingerprint density at radius 3 is 2.50 bits per heavy atom. The van der Waals surface area contributed by atoms with E-state index in [1.807, 2.05) is 13.8 Å². The van der Waals surface area contributed by atoms with Crippen molar-refractivity contribution in [2.24, 2.45) is 5.18 Å². The standard InChI is InChI=1S/C6H9N3O.CH4O/c1-3-5-6(9-10)4(2)7-8-5;1-2/h3H2,1-2H3,(H,7,8);2H,1H3/p+1. The van der Waals surface area contributed by atoms with E-state index in [0.29, 0.717) is 5.69 Å². The summed E-state index contributed by atoms with van der Waals surface area (Å²) < 4.78 is 0. The largest absolute Gasteiger partial charge is 0.400 e. The van der Waals surface area contributed by atoms with E-state index in [0.717, 1.165) is 24.9 Å². The van der Waals surface area contributed by atoms with Gasteiger partial charge in [0.2, 0.25) is 11.4 Å². The summed E-state index contributed by atoms with van der Waals surface area (Å²) in [5, 5.41) is 15.6. The number of rotatable bonds is 2. The van der Waals surface area contributed by atoms with Gasteiger partial charge in [-0.25, -0.2) is 0 Å². The second-order valence-electron chi connectivity index (χ2n) is 2.15.